The topological polar surface area (TPSA) is 49.7 Å². The summed E-state index contributed by atoms with van der Waals surface area (Å²) in [6.45, 7) is 3.39. The highest BCUT2D eigenvalue weighted by Gasteiger charge is 2.06. The van der Waals surface area contributed by atoms with E-state index in [1.165, 1.54) is 0 Å². The molecular formula is C6H15O3PS2. The molecule has 0 saturated heterocycles. The van der Waals surface area contributed by atoms with Crippen LogP contribution in [0.2, 0.25) is 0 Å². The molecule has 0 radical (unpaired) electrons. The summed E-state index contributed by atoms with van der Waals surface area (Å²) in [5.74, 6) is 0.563. The summed E-state index contributed by atoms with van der Waals surface area (Å²) in [6.07, 6.45) is 2.17. The van der Waals surface area contributed by atoms with E-state index in [-0.39, 0.29) is 0 Å². The van der Waals surface area contributed by atoms with Crippen molar-refractivity contribution in [3.63, 3.8) is 0 Å². The summed E-state index contributed by atoms with van der Waals surface area (Å²) in [6, 6.07) is 0. The van der Waals surface area contributed by atoms with Gasteiger partial charge < -0.3 is 14.5 Å². The molecule has 0 aliphatic rings. The van der Waals surface area contributed by atoms with Crippen LogP contribution in [0.4, 0.5) is 0 Å². The Morgan fingerprint density at radius 2 is 2.08 bits per heavy atom. The Hall–Kier alpha value is 0.880. The van der Waals surface area contributed by atoms with Gasteiger partial charge in [-0.25, -0.2) is 0 Å². The average molecular weight is 230 g/mol. The molecule has 0 fully saturated rings. The first-order valence-electron chi connectivity index (χ1n) is 3.84. The molecule has 0 atom stereocenters. The first-order valence-corrected chi connectivity index (χ1v) is 8.14. The average Bonchev–Trinajstić information content (AvgIpc) is 1.94. The molecular weight excluding hydrogens is 215 g/mol. The van der Waals surface area contributed by atoms with E-state index in [4.69, 9.17) is 14.5 Å². The molecule has 12 heavy (non-hydrogen) atoms. The third kappa shape index (κ3) is 10.9. The Morgan fingerprint density at radius 3 is 2.58 bits per heavy atom. The van der Waals surface area contributed by atoms with Gasteiger partial charge in [0, 0.05) is 12.4 Å². The van der Waals surface area contributed by atoms with E-state index in [0.717, 1.165) is 30.8 Å². The molecule has 0 aliphatic carbocycles. The van der Waals surface area contributed by atoms with Crippen LogP contribution in [0.5, 0.6) is 0 Å². The minimum absolute atomic E-state index is 0.546. The fourth-order valence-corrected chi connectivity index (χ4v) is 2.60. The van der Waals surface area contributed by atoms with Crippen molar-refractivity contribution in [2.24, 2.45) is 0 Å². The van der Waals surface area contributed by atoms with Gasteiger partial charge in [-0.1, -0.05) is 24.7 Å². The molecule has 0 spiro atoms. The predicted molar refractivity (Wildman–Crippen MR) is 56.9 cm³/mol. The standard InChI is InChI=1S/C6H15O3PS2/c1-2-3-4-9-5-6-12-10(7,8)11/h2-6H2,1H3,(H2,7,8,11). The van der Waals surface area contributed by atoms with Crippen LogP contribution in [0.3, 0.4) is 0 Å². The minimum atomic E-state index is -3.05. The van der Waals surface area contributed by atoms with Gasteiger partial charge in [0.05, 0.1) is 6.61 Å². The first kappa shape index (κ1) is 12.9. The summed E-state index contributed by atoms with van der Waals surface area (Å²) >= 11 is 5.42. The minimum Gasteiger partial charge on any atom is -0.381 e. The van der Waals surface area contributed by atoms with Crippen LogP contribution in [0.1, 0.15) is 19.8 Å². The zero-order chi connectivity index (χ0) is 9.45. The van der Waals surface area contributed by atoms with Crippen molar-refractivity contribution < 1.29 is 14.5 Å². The molecule has 0 unspecified atom stereocenters. The van der Waals surface area contributed by atoms with Crippen LogP contribution in [0, 0.1) is 0 Å². The Labute approximate surface area is 82.4 Å². The van der Waals surface area contributed by atoms with E-state index < -0.39 is 5.69 Å². The molecule has 3 nitrogen and oxygen atoms in total. The number of unbranched alkanes of at least 4 members (excludes halogenated alkanes) is 1. The van der Waals surface area contributed by atoms with Crippen molar-refractivity contribution in [2.45, 2.75) is 19.8 Å². The van der Waals surface area contributed by atoms with Gasteiger partial charge in [0.1, 0.15) is 0 Å². The summed E-state index contributed by atoms with van der Waals surface area (Å²) in [5.41, 5.74) is -3.05. The summed E-state index contributed by atoms with van der Waals surface area (Å²) < 4.78 is 5.20. The molecule has 6 heteroatoms. The molecule has 2 N–H and O–H groups in total. The number of ether oxygens (including phenoxy) is 1. The third-order valence-corrected chi connectivity index (χ3v) is 4.32. The first-order chi connectivity index (χ1) is 5.56. The van der Waals surface area contributed by atoms with E-state index in [1.54, 1.807) is 0 Å². The van der Waals surface area contributed by atoms with Crippen molar-refractivity contribution >= 4 is 28.9 Å². The third-order valence-electron chi connectivity index (χ3n) is 1.13. The maximum absolute atomic E-state index is 8.81. The lowest BCUT2D eigenvalue weighted by Crippen LogP contribution is -1.98. The Kier molecular flexibility index (Phi) is 7.83. The molecule has 74 valence electrons. The van der Waals surface area contributed by atoms with E-state index in [0.29, 0.717) is 12.4 Å². The van der Waals surface area contributed by atoms with Crippen molar-refractivity contribution in [2.75, 3.05) is 19.0 Å². The van der Waals surface area contributed by atoms with E-state index in [9.17, 15) is 0 Å². The quantitative estimate of drug-likeness (QED) is 0.515. The molecule has 0 aliphatic heterocycles. The Balaban J connectivity index is 3.06. The summed E-state index contributed by atoms with van der Waals surface area (Å²) in [7, 11) is 0. The van der Waals surface area contributed by atoms with Crippen molar-refractivity contribution in [1.29, 1.82) is 0 Å². The van der Waals surface area contributed by atoms with E-state index in [2.05, 4.69) is 18.7 Å². The van der Waals surface area contributed by atoms with Crippen LogP contribution >= 0.6 is 17.1 Å². The molecule has 0 rings (SSSR count). The molecule has 0 aromatic rings. The lowest BCUT2D eigenvalue weighted by Gasteiger charge is -2.06. The van der Waals surface area contributed by atoms with Gasteiger partial charge >= 0.3 is 0 Å². The SMILES string of the molecule is CCCCOCCSP(O)(O)=S. The molecule has 0 bridgehead atoms. The number of hydrogen-bond donors (Lipinski definition) is 2. The summed E-state index contributed by atoms with van der Waals surface area (Å²) in [4.78, 5) is 17.6. The predicted octanol–water partition coefficient (Wildman–Crippen LogP) is 1.75. The Bertz CT molecular complexity index is 148. The van der Waals surface area contributed by atoms with Crippen LogP contribution in [-0.2, 0) is 16.5 Å². The van der Waals surface area contributed by atoms with Gasteiger partial charge in [-0.3, -0.25) is 0 Å². The lowest BCUT2D eigenvalue weighted by atomic mass is 10.4. The van der Waals surface area contributed by atoms with Crippen LogP contribution in [-0.4, -0.2) is 28.8 Å². The van der Waals surface area contributed by atoms with Gasteiger partial charge in [0.25, 0.3) is 0 Å². The monoisotopic (exact) mass is 230 g/mol. The second kappa shape index (κ2) is 7.30. The molecule has 0 aromatic carbocycles. The van der Waals surface area contributed by atoms with Gasteiger partial charge in [-0.2, -0.15) is 0 Å². The van der Waals surface area contributed by atoms with E-state index >= 15 is 0 Å². The second-order valence-corrected chi connectivity index (χ2v) is 8.46. The van der Waals surface area contributed by atoms with Crippen LogP contribution in [0.15, 0.2) is 0 Å². The highest BCUT2D eigenvalue weighted by Crippen LogP contribution is 2.50. The van der Waals surface area contributed by atoms with Crippen LogP contribution < -0.4 is 0 Å². The smallest absolute Gasteiger partial charge is 0.242 e. The van der Waals surface area contributed by atoms with Crippen LogP contribution in [0.25, 0.3) is 0 Å². The second-order valence-electron chi connectivity index (χ2n) is 2.29. The molecule has 0 amide bonds. The number of rotatable bonds is 7. The van der Waals surface area contributed by atoms with Gasteiger partial charge in [0.15, 0.2) is 0 Å². The maximum Gasteiger partial charge on any atom is 0.242 e. The number of hydrogen-bond acceptors (Lipinski definition) is 3. The van der Waals surface area contributed by atoms with Crippen molar-refractivity contribution in [3.05, 3.63) is 0 Å². The fraction of sp³-hybridized carbons (Fsp3) is 1.00. The normalized spacial score (nSPS) is 11.9. The molecule has 0 heterocycles. The highest BCUT2D eigenvalue weighted by molar-refractivity contribution is 8.67. The zero-order valence-corrected chi connectivity index (χ0v) is 9.63. The van der Waals surface area contributed by atoms with Crippen molar-refractivity contribution in [1.82, 2.24) is 0 Å². The summed E-state index contributed by atoms with van der Waals surface area (Å²) in [5, 5.41) is 0. The molecule has 0 saturated carbocycles. The Morgan fingerprint density at radius 1 is 1.42 bits per heavy atom. The van der Waals surface area contributed by atoms with Gasteiger partial charge in [-0.15, -0.1) is 0 Å². The maximum atomic E-state index is 8.81. The van der Waals surface area contributed by atoms with Crippen molar-refractivity contribution in [3.8, 4) is 0 Å². The fourth-order valence-electron chi connectivity index (χ4n) is 0.564. The van der Waals surface area contributed by atoms with E-state index in [1.807, 2.05) is 0 Å². The largest absolute Gasteiger partial charge is 0.381 e. The molecule has 0 aromatic heterocycles. The zero-order valence-electron chi connectivity index (χ0n) is 7.10. The lowest BCUT2D eigenvalue weighted by molar-refractivity contribution is 0.147. The van der Waals surface area contributed by atoms with Gasteiger partial charge in [0.2, 0.25) is 5.69 Å². The highest BCUT2D eigenvalue weighted by atomic mass is 32.9. The van der Waals surface area contributed by atoms with Gasteiger partial charge in [-0.05, 0) is 18.2 Å².